The molecule has 3 aromatic rings. The maximum Gasteiger partial charge on any atom is 0.417 e. The molecule has 12 heteroatoms. The molecule has 1 saturated heterocycles. The molecule has 42 heavy (non-hydrogen) atoms. The van der Waals surface area contributed by atoms with Gasteiger partial charge in [0.15, 0.2) is 11.0 Å². The van der Waals surface area contributed by atoms with Gasteiger partial charge in [0, 0.05) is 17.2 Å². The minimum atomic E-state index is -4.56. The van der Waals surface area contributed by atoms with Crippen LogP contribution in [0.3, 0.4) is 0 Å². The van der Waals surface area contributed by atoms with Gasteiger partial charge < -0.3 is 5.32 Å². The second kappa shape index (κ2) is 11.2. The minimum Gasteiger partial charge on any atom is -0.346 e. The van der Waals surface area contributed by atoms with Gasteiger partial charge in [0.25, 0.3) is 5.91 Å². The molecule has 1 aliphatic carbocycles. The van der Waals surface area contributed by atoms with Crippen LogP contribution in [0, 0.1) is 17.2 Å². The smallest absolute Gasteiger partial charge is 0.346 e. The third-order valence-corrected chi connectivity index (χ3v) is 11.1. The Balaban J connectivity index is 1.33. The van der Waals surface area contributed by atoms with Crippen LogP contribution in [0.5, 0.6) is 0 Å². The van der Waals surface area contributed by atoms with Crippen LogP contribution < -0.4 is 9.62 Å². The monoisotopic (exact) mass is 630 g/mol. The predicted molar refractivity (Wildman–Crippen MR) is 157 cm³/mol. The van der Waals surface area contributed by atoms with Crippen LogP contribution in [-0.4, -0.2) is 32.6 Å². The van der Waals surface area contributed by atoms with Gasteiger partial charge in [-0.1, -0.05) is 17.7 Å². The Hall–Kier alpha value is -3.07. The van der Waals surface area contributed by atoms with Gasteiger partial charge in [0.05, 0.1) is 51.1 Å². The molecular formula is C30H26ClF3N4O2S2. The number of hydrogen-bond donors (Lipinski definition) is 1. The van der Waals surface area contributed by atoms with Gasteiger partial charge in [-0.3, -0.25) is 14.1 Å². The Morgan fingerprint density at radius 1 is 1.19 bits per heavy atom. The number of rotatable bonds is 6. The van der Waals surface area contributed by atoms with Gasteiger partial charge >= 0.3 is 6.18 Å². The van der Waals surface area contributed by atoms with Crippen LogP contribution in [-0.2, 0) is 29.1 Å². The van der Waals surface area contributed by atoms with E-state index in [-0.39, 0.29) is 28.7 Å². The summed E-state index contributed by atoms with van der Waals surface area (Å²) in [5.41, 5.74) is 1.60. The first-order chi connectivity index (χ1) is 20.1. The van der Waals surface area contributed by atoms with E-state index < -0.39 is 28.6 Å². The number of carbonyl (C=O) groups excluding carboxylic acids is 1. The summed E-state index contributed by atoms with van der Waals surface area (Å²) in [6, 6.07) is 15.3. The molecule has 3 heterocycles. The Morgan fingerprint density at radius 2 is 1.95 bits per heavy atom. The second-order valence-electron chi connectivity index (χ2n) is 10.8. The van der Waals surface area contributed by atoms with Crippen molar-refractivity contribution in [1.29, 1.82) is 5.26 Å². The number of halogens is 4. The van der Waals surface area contributed by atoms with E-state index in [9.17, 15) is 27.4 Å². The van der Waals surface area contributed by atoms with E-state index in [1.54, 1.807) is 30.3 Å². The van der Waals surface area contributed by atoms with E-state index in [4.69, 9.17) is 11.6 Å². The number of nitrogens with one attached hydrogen (secondary N) is 1. The van der Waals surface area contributed by atoms with Crippen molar-refractivity contribution in [3.05, 3.63) is 87.7 Å². The fourth-order valence-corrected chi connectivity index (χ4v) is 9.18. The lowest BCUT2D eigenvalue weighted by Crippen LogP contribution is -2.49. The topological polar surface area (TPSA) is 86.1 Å². The van der Waals surface area contributed by atoms with Crippen molar-refractivity contribution >= 4 is 45.9 Å². The Labute approximate surface area is 253 Å². The highest BCUT2D eigenvalue weighted by atomic mass is 35.5. The minimum absolute atomic E-state index is 0.00782. The fraction of sp³-hybridized carbons (Fsp3) is 0.367. The van der Waals surface area contributed by atoms with E-state index >= 15 is 0 Å². The molecule has 2 aromatic carbocycles. The summed E-state index contributed by atoms with van der Waals surface area (Å²) in [6.45, 7) is -0.134. The Kier molecular flexibility index (Phi) is 7.75. The number of aromatic nitrogens is 1. The zero-order chi connectivity index (χ0) is 29.6. The van der Waals surface area contributed by atoms with E-state index in [0.717, 1.165) is 54.5 Å². The second-order valence-corrected chi connectivity index (χ2v) is 13.8. The first-order valence-corrected chi connectivity index (χ1v) is 16.2. The van der Waals surface area contributed by atoms with Crippen LogP contribution in [0.4, 0.5) is 18.9 Å². The van der Waals surface area contributed by atoms with Crippen LogP contribution in [0.2, 0.25) is 5.02 Å². The largest absolute Gasteiger partial charge is 0.417 e. The Morgan fingerprint density at radius 3 is 2.62 bits per heavy atom. The number of benzene rings is 2. The molecule has 2 unspecified atom stereocenters. The highest BCUT2D eigenvalue weighted by Crippen LogP contribution is 2.59. The molecule has 3 aliphatic rings. The number of fused-ring (bicyclic) bond motifs is 2. The number of nitriles is 1. The van der Waals surface area contributed by atoms with Crippen molar-refractivity contribution in [3.8, 4) is 6.07 Å². The number of hydrogen-bond acceptors (Lipinski definition) is 5. The van der Waals surface area contributed by atoms with Crippen molar-refractivity contribution in [2.45, 2.75) is 54.8 Å². The van der Waals surface area contributed by atoms with E-state index in [0.29, 0.717) is 28.1 Å². The summed E-state index contributed by atoms with van der Waals surface area (Å²) in [7, 11) is -1.56. The number of nitrogens with zero attached hydrogens (tertiary/aromatic N) is 3. The molecular weight excluding hydrogens is 605 g/mol. The molecule has 6 rings (SSSR count). The molecule has 6 nitrogen and oxygen atoms in total. The molecule has 1 aromatic heterocycles. The molecule has 1 amide bonds. The maximum atomic E-state index is 14.2. The van der Waals surface area contributed by atoms with E-state index in [2.05, 4.69) is 16.4 Å². The average Bonchev–Trinajstić information content (AvgIpc) is 3.79. The molecule has 0 radical (unpaired) electrons. The first-order valence-electron chi connectivity index (χ1n) is 13.6. The summed E-state index contributed by atoms with van der Waals surface area (Å²) in [4.78, 5) is 17.7. The molecule has 1 N–H and O–H groups in total. The molecule has 2 fully saturated rings. The Bertz CT molecular complexity index is 1620. The quantitative estimate of drug-likeness (QED) is 0.330. The zero-order valence-corrected chi connectivity index (χ0v) is 24.7. The number of carbonyl (C=O) groups is 1. The standard InChI is InChI=1S/C30H26ClF3N4O2S2/c31-24-14-21(30(32,33)34)16-36-25(24)17-37-28(39)20-6-7-26-23(13-20)29(8-10-41-11-9-29)27(19-4-5-19)38(26)42(40)22-3-1-2-18(12-22)15-35/h1-3,6-7,12-14,16,19,27H,4-5,8-11,17H2,(H,37,39). The van der Waals surface area contributed by atoms with Crippen molar-refractivity contribution in [1.82, 2.24) is 10.3 Å². The number of thioether (sulfide) groups is 1. The summed E-state index contributed by atoms with van der Waals surface area (Å²) in [5.74, 6) is 1.90. The normalized spacial score (nSPS) is 20.2. The number of alkyl halides is 3. The third-order valence-electron chi connectivity index (χ3n) is 8.31. The molecule has 2 atom stereocenters. The van der Waals surface area contributed by atoms with Crippen molar-refractivity contribution in [3.63, 3.8) is 0 Å². The predicted octanol–water partition coefficient (Wildman–Crippen LogP) is 6.64. The molecule has 0 bridgehead atoms. The molecule has 2 aliphatic heterocycles. The highest BCUT2D eigenvalue weighted by molar-refractivity contribution is 7.99. The van der Waals surface area contributed by atoms with Crippen LogP contribution >= 0.6 is 23.4 Å². The summed E-state index contributed by atoms with van der Waals surface area (Å²) >= 11 is 7.93. The first kappa shape index (κ1) is 29.0. The number of amides is 1. The fourth-order valence-electron chi connectivity index (χ4n) is 6.15. The molecule has 1 saturated carbocycles. The maximum absolute atomic E-state index is 14.2. The van der Waals surface area contributed by atoms with Gasteiger partial charge in [0.2, 0.25) is 0 Å². The van der Waals surface area contributed by atoms with Crippen molar-refractivity contribution < 1.29 is 22.2 Å². The van der Waals surface area contributed by atoms with Gasteiger partial charge in [-0.25, -0.2) is 4.21 Å². The van der Waals surface area contributed by atoms with Crippen LogP contribution in [0.15, 0.2) is 59.6 Å². The van der Waals surface area contributed by atoms with E-state index in [1.165, 1.54) is 0 Å². The SMILES string of the molecule is N#Cc1cccc(S(=O)N2c3ccc(C(=O)NCc4ncc(C(F)(F)F)cc4Cl)cc3C3(CCSCC3)C2C2CC2)c1. The molecule has 1 spiro atoms. The van der Waals surface area contributed by atoms with Gasteiger partial charge in [-0.05, 0) is 91.1 Å². The van der Waals surface area contributed by atoms with Gasteiger partial charge in [-0.15, -0.1) is 0 Å². The lowest BCUT2D eigenvalue weighted by atomic mass is 9.70. The summed E-state index contributed by atoms with van der Waals surface area (Å²) in [6.07, 6.45) is 0.0285. The summed E-state index contributed by atoms with van der Waals surface area (Å²) in [5, 5.41) is 12.0. The summed E-state index contributed by atoms with van der Waals surface area (Å²) < 4.78 is 55.2. The lowest BCUT2D eigenvalue weighted by Gasteiger charge is -2.41. The van der Waals surface area contributed by atoms with E-state index in [1.807, 2.05) is 28.2 Å². The zero-order valence-electron chi connectivity index (χ0n) is 22.3. The lowest BCUT2D eigenvalue weighted by molar-refractivity contribution is -0.137. The van der Waals surface area contributed by atoms with Crippen LogP contribution in [0.1, 0.15) is 58.4 Å². The third kappa shape index (κ3) is 5.29. The van der Waals surface area contributed by atoms with Crippen molar-refractivity contribution in [2.24, 2.45) is 5.92 Å². The average molecular weight is 631 g/mol. The number of anilines is 1. The van der Waals surface area contributed by atoms with Crippen molar-refractivity contribution in [2.75, 3.05) is 15.8 Å². The highest BCUT2D eigenvalue weighted by Gasteiger charge is 2.58. The van der Waals surface area contributed by atoms with Gasteiger partial charge in [0.1, 0.15) is 0 Å². The molecule has 218 valence electrons. The number of pyridine rings is 1. The van der Waals surface area contributed by atoms with Crippen LogP contribution in [0.25, 0.3) is 0 Å². The van der Waals surface area contributed by atoms with Gasteiger partial charge in [-0.2, -0.15) is 30.2 Å².